The van der Waals surface area contributed by atoms with Gasteiger partial charge < -0.3 is 13.9 Å². The van der Waals surface area contributed by atoms with E-state index in [0.717, 1.165) is 11.2 Å². The van der Waals surface area contributed by atoms with Crippen molar-refractivity contribution < 1.29 is 18.3 Å². The van der Waals surface area contributed by atoms with Crippen molar-refractivity contribution in [2.75, 3.05) is 7.11 Å². The normalized spacial score (nSPS) is 11.3. The van der Waals surface area contributed by atoms with Crippen LogP contribution >= 0.6 is 0 Å². The minimum absolute atomic E-state index is 0.102. The van der Waals surface area contributed by atoms with Crippen molar-refractivity contribution in [3.05, 3.63) is 102 Å². The van der Waals surface area contributed by atoms with E-state index in [1.54, 1.807) is 43.9 Å². The molecule has 5 rings (SSSR count). The first-order valence-electron chi connectivity index (χ1n) is 10.3. The maximum Gasteiger partial charge on any atom is 0.168 e. The van der Waals surface area contributed by atoms with Crippen LogP contribution < -0.4 is 9.47 Å². The van der Waals surface area contributed by atoms with E-state index in [4.69, 9.17) is 18.9 Å². The van der Waals surface area contributed by atoms with Crippen molar-refractivity contribution in [1.82, 2.24) is 9.38 Å². The van der Waals surface area contributed by atoms with Crippen molar-refractivity contribution in [2.45, 2.75) is 6.61 Å². The zero-order valence-electron chi connectivity index (χ0n) is 17.8. The molecule has 0 aliphatic carbocycles. The lowest BCUT2D eigenvalue weighted by Gasteiger charge is -2.11. The zero-order chi connectivity index (χ0) is 22.6. The number of aromatic nitrogens is 2. The summed E-state index contributed by atoms with van der Waals surface area (Å²) in [6.07, 6.45) is 5.24. The number of fused-ring (bicyclic) bond motifs is 1. The molecule has 0 spiro atoms. The number of hydrogen-bond acceptors (Lipinski definition) is 5. The molecule has 0 unspecified atom stereocenters. The summed E-state index contributed by atoms with van der Waals surface area (Å²) in [5.74, 6) is 2.03. The average molecular weight is 441 g/mol. The molecule has 0 fully saturated rings. The molecular formula is C26H20FN3O3. The first-order valence-corrected chi connectivity index (χ1v) is 10.3. The van der Waals surface area contributed by atoms with Gasteiger partial charge in [0.2, 0.25) is 0 Å². The fourth-order valence-electron chi connectivity index (χ4n) is 3.48. The summed E-state index contributed by atoms with van der Waals surface area (Å²) in [6.45, 7) is 0.102. The highest BCUT2D eigenvalue weighted by Gasteiger charge is 2.15. The Morgan fingerprint density at radius 2 is 1.91 bits per heavy atom. The van der Waals surface area contributed by atoms with Crippen molar-refractivity contribution in [1.29, 1.82) is 0 Å². The van der Waals surface area contributed by atoms with Gasteiger partial charge in [-0.05, 0) is 54.1 Å². The van der Waals surface area contributed by atoms with Gasteiger partial charge in [0.25, 0.3) is 0 Å². The quantitative estimate of drug-likeness (QED) is 0.288. The van der Waals surface area contributed by atoms with Gasteiger partial charge in [0.15, 0.2) is 28.8 Å². The molecule has 0 atom stereocenters. The van der Waals surface area contributed by atoms with Crippen LogP contribution in [-0.2, 0) is 6.61 Å². The van der Waals surface area contributed by atoms with Gasteiger partial charge in [-0.3, -0.25) is 4.40 Å². The summed E-state index contributed by atoms with van der Waals surface area (Å²) >= 11 is 0. The van der Waals surface area contributed by atoms with E-state index in [-0.39, 0.29) is 12.4 Å². The van der Waals surface area contributed by atoms with E-state index in [0.29, 0.717) is 34.3 Å². The summed E-state index contributed by atoms with van der Waals surface area (Å²) in [4.78, 5) is 9.36. The van der Waals surface area contributed by atoms with Crippen molar-refractivity contribution in [3.63, 3.8) is 0 Å². The molecule has 0 amide bonds. The van der Waals surface area contributed by atoms with E-state index in [9.17, 15) is 4.39 Å². The maximum atomic E-state index is 13.9. The summed E-state index contributed by atoms with van der Waals surface area (Å²) < 4.78 is 32.6. The Balaban J connectivity index is 1.43. The number of ether oxygens (including phenoxy) is 2. The summed E-state index contributed by atoms with van der Waals surface area (Å²) in [7, 11) is 1.56. The Labute approximate surface area is 189 Å². The van der Waals surface area contributed by atoms with Crippen LogP contribution in [0.2, 0.25) is 0 Å². The van der Waals surface area contributed by atoms with Crippen LogP contribution in [0.25, 0.3) is 17.1 Å². The lowest BCUT2D eigenvalue weighted by Crippen LogP contribution is -2.00. The van der Waals surface area contributed by atoms with Crippen LogP contribution in [0.3, 0.4) is 0 Å². The molecular weight excluding hydrogens is 421 g/mol. The number of imidazole rings is 1. The topological polar surface area (TPSA) is 61.3 Å². The standard InChI is InChI=1S/C26H20FN3O3/c1-31-23-15-18(11-12-21(23)33-17-19-7-2-3-8-20(19)27)16-28-26-25(22-9-6-14-32-22)29-24-10-4-5-13-30(24)26/h2-16H,17H2,1H3. The third-order valence-electron chi connectivity index (χ3n) is 5.12. The van der Waals surface area contributed by atoms with Crippen molar-refractivity contribution in [2.24, 2.45) is 4.99 Å². The van der Waals surface area contributed by atoms with Crippen molar-refractivity contribution >= 4 is 17.7 Å². The van der Waals surface area contributed by atoms with Gasteiger partial charge in [-0.15, -0.1) is 0 Å². The predicted octanol–water partition coefficient (Wildman–Crippen LogP) is 6.07. The number of methoxy groups -OCH3 is 1. The Kier molecular flexibility index (Phi) is 5.59. The van der Waals surface area contributed by atoms with Gasteiger partial charge in [0, 0.05) is 18.0 Å². The van der Waals surface area contributed by atoms with E-state index >= 15 is 0 Å². The molecule has 33 heavy (non-hydrogen) atoms. The Morgan fingerprint density at radius 3 is 2.73 bits per heavy atom. The fourth-order valence-corrected chi connectivity index (χ4v) is 3.48. The second-order valence-electron chi connectivity index (χ2n) is 7.24. The van der Waals surface area contributed by atoms with Crippen LogP contribution in [-0.4, -0.2) is 22.7 Å². The molecule has 0 saturated carbocycles. The molecule has 3 aromatic heterocycles. The molecule has 0 N–H and O–H groups in total. The second kappa shape index (κ2) is 9.00. The Bertz CT molecular complexity index is 1420. The molecule has 2 aromatic carbocycles. The summed E-state index contributed by atoms with van der Waals surface area (Å²) in [5, 5.41) is 0. The lowest BCUT2D eigenvalue weighted by molar-refractivity contribution is 0.279. The van der Waals surface area contributed by atoms with Gasteiger partial charge in [-0.1, -0.05) is 24.3 Å². The van der Waals surface area contributed by atoms with Gasteiger partial charge in [-0.25, -0.2) is 14.4 Å². The Hall–Kier alpha value is -4.39. The summed E-state index contributed by atoms with van der Waals surface area (Å²) in [6, 6.07) is 21.4. The number of benzene rings is 2. The third kappa shape index (κ3) is 4.21. The minimum Gasteiger partial charge on any atom is -0.493 e. The number of halogens is 1. The number of pyridine rings is 1. The van der Waals surface area contributed by atoms with Crippen LogP contribution in [0.15, 0.2) is 94.7 Å². The monoisotopic (exact) mass is 441 g/mol. The molecule has 6 nitrogen and oxygen atoms in total. The van der Waals surface area contributed by atoms with Crippen LogP contribution in [0.5, 0.6) is 11.5 Å². The fraction of sp³-hybridized carbons (Fsp3) is 0.0769. The van der Waals surface area contributed by atoms with Gasteiger partial charge in [-0.2, -0.15) is 0 Å². The number of rotatable bonds is 7. The molecule has 0 radical (unpaired) electrons. The lowest BCUT2D eigenvalue weighted by atomic mass is 10.2. The maximum absolute atomic E-state index is 13.9. The summed E-state index contributed by atoms with van der Waals surface area (Å²) in [5.41, 5.74) is 2.70. The highest BCUT2D eigenvalue weighted by atomic mass is 19.1. The molecule has 0 bridgehead atoms. The number of furan rings is 1. The molecule has 0 aliphatic heterocycles. The molecule has 0 aliphatic rings. The van der Waals surface area contributed by atoms with E-state index in [1.807, 2.05) is 53.1 Å². The molecule has 3 heterocycles. The minimum atomic E-state index is -0.305. The van der Waals surface area contributed by atoms with Crippen LogP contribution in [0.1, 0.15) is 11.1 Å². The first-order chi connectivity index (χ1) is 16.2. The molecule has 7 heteroatoms. The largest absolute Gasteiger partial charge is 0.493 e. The van der Waals surface area contributed by atoms with E-state index in [2.05, 4.69) is 4.98 Å². The van der Waals surface area contributed by atoms with E-state index < -0.39 is 0 Å². The smallest absolute Gasteiger partial charge is 0.168 e. The average Bonchev–Trinajstić information content (AvgIpc) is 3.50. The van der Waals surface area contributed by atoms with Gasteiger partial charge in [0.05, 0.1) is 13.4 Å². The third-order valence-corrected chi connectivity index (χ3v) is 5.12. The predicted molar refractivity (Wildman–Crippen MR) is 124 cm³/mol. The van der Waals surface area contributed by atoms with Crippen LogP contribution in [0, 0.1) is 5.82 Å². The highest BCUT2D eigenvalue weighted by molar-refractivity contribution is 5.85. The van der Waals surface area contributed by atoms with E-state index in [1.165, 1.54) is 6.07 Å². The van der Waals surface area contributed by atoms with Gasteiger partial charge >= 0.3 is 0 Å². The number of hydrogen-bond donors (Lipinski definition) is 0. The Morgan fingerprint density at radius 1 is 1.03 bits per heavy atom. The van der Waals surface area contributed by atoms with Crippen LogP contribution in [0.4, 0.5) is 10.2 Å². The molecule has 5 aromatic rings. The second-order valence-corrected chi connectivity index (χ2v) is 7.24. The number of nitrogens with zero attached hydrogens (tertiary/aromatic N) is 3. The molecule has 0 saturated heterocycles. The SMILES string of the molecule is COc1cc(C=Nc2c(-c3ccco3)nc3ccccn23)ccc1OCc1ccccc1F. The first kappa shape index (κ1) is 20.5. The zero-order valence-corrected chi connectivity index (χ0v) is 17.8. The molecule has 164 valence electrons. The van der Waals surface area contributed by atoms with Crippen molar-refractivity contribution in [3.8, 4) is 23.0 Å². The highest BCUT2D eigenvalue weighted by Crippen LogP contribution is 2.32. The van der Waals surface area contributed by atoms with Gasteiger partial charge in [0.1, 0.15) is 18.1 Å². The number of aliphatic imine (C=N–C) groups is 1.